The van der Waals surface area contributed by atoms with Gasteiger partial charge >= 0.3 is 0 Å². The molecule has 1 saturated heterocycles. The lowest BCUT2D eigenvalue weighted by Gasteiger charge is -2.37. The minimum atomic E-state index is 0. The second kappa shape index (κ2) is 11.5. The molecule has 2 aromatic heterocycles. The Morgan fingerprint density at radius 2 is 1.78 bits per heavy atom. The molecular formula is C18H26IN5OS2. The third-order valence-electron chi connectivity index (χ3n) is 4.28. The third kappa shape index (κ3) is 6.35. The Bertz CT molecular complexity index is 697. The van der Waals surface area contributed by atoms with E-state index in [-0.39, 0.29) is 29.9 Å². The van der Waals surface area contributed by atoms with Gasteiger partial charge in [-0.3, -0.25) is 9.79 Å². The molecule has 0 aliphatic carbocycles. The van der Waals surface area contributed by atoms with Crippen LogP contribution in [0.25, 0.3) is 0 Å². The molecule has 1 aliphatic heterocycles. The van der Waals surface area contributed by atoms with Crippen LogP contribution in [-0.2, 0) is 0 Å². The van der Waals surface area contributed by atoms with E-state index in [4.69, 9.17) is 0 Å². The van der Waals surface area contributed by atoms with Gasteiger partial charge in [0.25, 0.3) is 5.91 Å². The summed E-state index contributed by atoms with van der Waals surface area (Å²) in [4.78, 5) is 21.8. The highest BCUT2D eigenvalue weighted by molar-refractivity contribution is 14.0. The fraction of sp³-hybridized carbons (Fsp3) is 0.444. The first kappa shape index (κ1) is 22.0. The van der Waals surface area contributed by atoms with Crippen molar-refractivity contribution in [3.05, 3.63) is 39.9 Å². The molecule has 2 N–H and O–H groups in total. The first-order valence-corrected chi connectivity index (χ1v) is 10.6. The van der Waals surface area contributed by atoms with E-state index in [2.05, 4.69) is 42.9 Å². The maximum atomic E-state index is 11.9. The summed E-state index contributed by atoms with van der Waals surface area (Å²) in [5, 5.41) is 11.7. The standard InChI is InChI=1S/C18H25N5OS2.HI/c1-19-18(21-8-4-7-20-17(24)15-5-2-13-25-15)23-11-9-22(10-12-23)16-6-3-14-26-16;/h2-3,5-6,13-14H,4,7-12H2,1H3,(H,19,21)(H,20,24);1H. The SMILES string of the molecule is CN=C(NCCCNC(=O)c1cccs1)N1CCN(c2cccs2)CC1.I. The number of carbonyl (C=O) groups excluding carboxylic acids is 1. The first-order valence-electron chi connectivity index (χ1n) is 8.83. The van der Waals surface area contributed by atoms with Crippen molar-refractivity contribution in [2.75, 3.05) is 51.2 Å². The number of nitrogens with one attached hydrogen (secondary N) is 2. The van der Waals surface area contributed by atoms with E-state index in [9.17, 15) is 4.79 Å². The number of rotatable bonds is 6. The molecule has 1 aliphatic rings. The second-order valence-electron chi connectivity index (χ2n) is 5.99. The predicted octanol–water partition coefficient (Wildman–Crippen LogP) is 2.95. The van der Waals surface area contributed by atoms with Gasteiger partial charge in [-0.05, 0) is 35.4 Å². The van der Waals surface area contributed by atoms with E-state index < -0.39 is 0 Å². The number of piperazine rings is 1. The molecule has 6 nitrogen and oxygen atoms in total. The third-order valence-corrected chi connectivity index (χ3v) is 6.07. The van der Waals surface area contributed by atoms with Crippen molar-refractivity contribution in [3.8, 4) is 0 Å². The summed E-state index contributed by atoms with van der Waals surface area (Å²) >= 11 is 3.26. The molecule has 3 rings (SSSR count). The number of halogens is 1. The van der Waals surface area contributed by atoms with E-state index in [0.29, 0.717) is 6.54 Å². The average Bonchev–Trinajstić information content (AvgIpc) is 3.39. The van der Waals surface area contributed by atoms with Gasteiger partial charge in [0.2, 0.25) is 0 Å². The summed E-state index contributed by atoms with van der Waals surface area (Å²) in [6.45, 7) is 5.41. The van der Waals surface area contributed by atoms with Crippen LogP contribution in [0, 0.1) is 0 Å². The highest BCUT2D eigenvalue weighted by Gasteiger charge is 2.20. The predicted molar refractivity (Wildman–Crippen MR) is 126 cm³/mol. The number of guanidine groups is 1. The van der Waals surface area contributed by atoms with Crippen molar-refractivity contribution in [1.82, 2.24) is 15.5 Å². The van der Waals surface area contributed by atoms with E-state index in [1.165, 1.54) is 16.3 Å². The number of carbonyl (C=O) groups is 1. The van der Waals surface area contributed by atoms with Crippen molar-refractivity contribution in [1.29, 1.82) is 0 Å². The van der Waals surface area contributed by atoms with Crippen LogP contribution in [0.1, 0.15) is 16.1 Å². The Morgan fingerprint density at radius 1 is 1.07 bits per heavy atom. The normalized spacial score (nSPS) is 14.6. The zero-order chi connectivity index (χ0) is 18.2. The molecule has 1 amide bonds. The monoisotopic (exact) mass is 519 g/mol. The number of thiophene rings is 2. The van der Waals surface area contributed by atoms with E-state index in [1.54, 1.807) is 11.3 Å². The lowest BCUT2D eigenvalue weighted by molar-refractivity contribution is 0.0957. The van der Waals surface area contributed by atoms with Gasteiger partial charge in [0.1, 0.15) is 0 Å². The van der Waals surface area contributed by atoms with Gasteiger partial charge in [0, 0.05) is 46.3 Å². The van der Waals surface area contributed by atoms with Gasteiger partial charge in [0.15, 0.2) is 5.96 Å². The highest BCUT2D eigenvalue weighted by atomic mass is 127. The zero-order valence-electron chi connectivity index (χ0n) is 15.4. The number of amides is 1. The zero-order valence-corrected chi connectivity index (χ0v) is 19.4. The number of hydrogen-bond acceptors (Lipinski definition) is 5. The molecule has 0 unspecified atom stereocenters. The van der Waals surface area contributed by atoms with E-state index in [0.717, 1.165) is 50.0 Å². The molecule has 148 valence electrons. The van der Waals surface area contributed by atoms with Crippen LogP contribution in [0.2, 0.25) is 0 Å². The summed E-state index contributed by atoms with van der Waals surface area (Å²) < 4.78 is 0. The molecule has 2 aromatic rings. The molecule has 0 saturated carbocycles. The maximum Gasteiger partial charge on any atom is 0.261 e. The Balaban J connectivity index is 0.00000261. The number of nitrogens with zero attached hydrogens (tertiary/aromatic N) is 3. The van der Waals surface area contributed by atoms with Gasteiger partial charge in [-0.25, -0.2) is 0 Å². The number of hydrogen-bond donors (Lipinski definition) is 2. The van der Waals surface area contributed by atoms with Crippen molar-refractivity contribution >= 4 is 63.5 Å². The Morgan fingerprint density at radius 3 is 2.41 bits per heavy atom. The lowest BCUT2D eigenvalue weighted by Crippen LogP contribution is -2.52. The van der Waals surface area contributed by atoms with E-state index in [1.807, 2.05) is 24.6 Å². The lowest BCUT2D eigenvalue weighted by atomic mass is 10.3. The topological polar surface area (TPSA) is 60.0 Å². The van der Waals surface area contributed by atoms with Crippen molar-refractivity contribution < 1.29 is 4.79 Å². The van der Waals surface area contributed by atoms with Crippen LogP contribution in [0.4, 0.5) is 5.00 Å². The van der Waals surface area contributed by atoms with Gasteiger partial charge < -0.3 is 20.4 Å². The fourth-order valence-electron chi connectivity index (χ4n) is 2.91. The minimum Gasteiger partial charge on any atom is -0.360 e. The second-order valence-corrected chi connectivity index (χ2v) is 7.86. The highest BCUT2D eigenvalue weighted by Crippen LogP contribution is 2.22. The van der Waals surface area contributed by atoms with Crippen molar-refractivity contribution in [3.63, 3.8) is 0 Å². The molecule has 9 heteroatoms. The van der Waals surface area contributed by atoms with Gasteiger partial charge in [-0.2, -0.15) is 0 Å². The fourth-order valence-corrected chi connectivity index (χ4v) is 4.33. The van der Waals surface area contributed by atoms with Crippen LogP contribution in [0.3, 0.4) is 0 Å². The van der Waals surface area contributed by atoms with Crippen LogP contribution >= 0.6 is 46.7 Å². The van der Waals surface area contributed by atoms with Crippen LogP contribution in [0.5, 0.6) is 0 Å². The maximum absolute atomic E-state index is 11.9. The smallest absolute Gasteiger partial charge is 0.261 e. The largest absolute Gasteiger partial charge is 0.360 e. The van der Waals surface area contributed by atoms with Gasteiger partial charge in [-0.15, -0.1) is 46.7 Å². The van der Waals surface area contributed by atoms with E-state index >= 15 is 0 Å². The summed E-state index contributed by atoms with van der Waals surface area (Å²) in [6.07, 6.45) is 0.866. The summed E-state index contributed by atoms with van der Waals surface area (Å²) in [6, 6.07) is 8.02. The first-order chi connectivity index (χ1) is 12.8. The summed E-state index contributed by atoms with van der Waals surface area (Å²) in [5.74, 6) is 0.953. The van der Waals surface area contributed by atoms with Crippen LogP contribution in [0.15, 0.2) is 40.0 Å². The molecule has 1 fully saturated rings. The quantitative estimate of drug-likeness (QED) is 0.267. The molecular weight excluding hydrogens is 493 g/mol. The molecule has 0 spiro atoms. The summed E-state index contributed by atoms with van der Waals surface area (Å²) in [7, 11) is 1.83. The van der Waals surface area contributed by atoms with Gasteiger partial charge in [-0.1, -0.05) is 6.07 Å². The molecule has 3 heterocycles. The average molecular weight is 519 g/mol. The Hall–Kier alpha value is -1.33. The van der Waals surface area contributed by atoms with Gasteiger partial charge in [0.05, 0.1) is 9.88 Å². The molecule has 0 atom stereocenters. The molecule has 0 radical (unpaired) electrons. The molecule has 0 bridgehead atoms. The number of anilines is 1. The molecule has 0 aromatic carbocycles. The summed E-state index contributed by atoms with van der Waals surface area (Å²) in [5.41, 5.74) is 0. The number of aliphatic imine (C=N–C) groups is 1. The molecule has 27 heavy (non-hydrogen) atoms. The minimum absolute atomic E-state index is 0. The van der Waals surface area contributed by atoms with Crippen LogP contribution < -0.4 is 15.5 Å². The Kier molecular flexibility index (Phi) is 9.35. The Labute approximate surface area is 185 Å². The van der Waals surface area contributed by atoms with Crippen LogP contribution in [-0.4, -0.2) is 63.1 Å². The van der Waals surface area contributed by atoms with Crippen molar-refractivity contribution in [2.45, 2.75) is 6.42 Å². The van der Waals surface area contributed by atoms with Crippen molar-refractivity contribution in [2.24, 2.45) is 4.99 Å².